The molecule has 2 N–H and O–H groups in total. The summed E-state index contributed by atoms with van der Waals surface area (Å²) >= 11 is 0. The fourth-order valence-electron chi connectivity index (χ4n) is 4.00. The first kappa shape index (κ1) is 23.0. The molecule has 2 aromatic carbocycles. The van der Waals surface area contributed by atoms with Gasteiger partial charge >= 0.3 is 0 Å². The Morgan fingerprint density at radius 3 is 2.19 bits per heavy atom. The summed E-state index contributed by atoms with van der Waals surface area (Å²) in [6.07, 6.45) is 2.69. The SMILES string of the molecule is CC(C)(C)c1ccc(C(=O)NCCC(=O)NCC(c2ccccc2)N2CCCC2)cc1. The minimum Gasteiger partial charge on any atom is -0.354 e. The van der Waals surface area contributed by atoms with Gasteiger partial charge in [0.25, 0.3) is 5.91 Å². The lowest BCUT2D eigenvalue weighted by Crippen LogP contribution is -2.38. The van der Waals surface area contributed by atoms with E-state index in [0.29, 0.717) is 18.7 Å². The summed E-state index contributed by atoms with van der Waals surface area (Å²) in [4.78, 5) is 27.2. The third-order valence-electron chi connectivity index (χ3n) is 5.91. The maximum absolute atomic E-state index is 12.4. The van der Waals surface area contributed by atoms with Gasteiger partial charge in [0.1, 0.15) is 0 Å². The number of benzene rings is 2. The van der Waals surface area contributed by atoms with Crippen molar-refractivity contribution in [2.24, 2.45) is 0 Å². The van der Waals surface area contributed by atoms with Crippen LogP contribution in [0.1, 0.15) is 67.6 Å². The molecule has 31 heavy (non-hydrogen) atoms. The van der Waals surface area contributed by atoms with Crippen LogP contribution in [0.2, 0.25) is 0 Å². The highest BCUT2D eigenvalue weighted by Gasteiger charge is 2.23. The molecule has 1 saturated heterocycles. The molecule has 5 heteroatoms. The Bertz CT molecular complexity index is 850. The zero-order chi connectivity index (χ0) is 22.3. The van der Waals surface area contributed by atoms with E-state index in [1.807, 2.05) is 42.5 Å². The van der Waals surface area contributed by atoms with Crippen molar-refractivity contribution in [1.29, 1.82) is 0 Å². The topological polar surface area (TPSA) is 61.4 Å². The lowest BCUT2D eigenvalue weighted by atomic mass is 9.87. The van der Waals surface area contributed by atoms with Gasteiger partial charge in [0.15, 0.2) is 0 Å². The summed E-state index contributed by atoms with van der Waals surface area (Å²) in [5, 5.41) is 5.92. The molecule has 1 fully saturated rings. The van der Waals surface area contributed by atoms with Crippen LogP contribution in [0.5, 0.6) is 0 Å². The van der Waals surface area contributed by atoms with E-state index in [1.165, 1.54) is 24.0 Å². The van der Waals surface area contributed by atoms with Crippen LogP contribution in [0, 0.1) is 0 Å². The minimum atomic E-state index is -0.146. The summed E-state index contributed by atoms with van der Waals surface area (Å²) in [6, 6.07) is 18.2. The molecular weight excluding hydrogens is 386 g/mol. The van der Waals surface area contributed by atoms with Crippen molar-refractivity contribution in [3.63, 3.8) is 0 Å². The van der Waals surface area contributed by atoms with Gasteiger partial charge in [-0.25, -0.2) is 0 Å². The summed E-state index contributed by atoms with van der Waals surface area (Å²) in [5.74, 6) is -0.184. The molecular formula is C26H35N3O2. The first-order valence-corrected chi connectivity index (χ1v) is 11.3. The fourth-order valence-corrected chi connectivity index (χ4v) is 4.00. The molecule has 1 atom stereocenters. The van der Waals surface area contributed by atoms with Gasteiger partial charge in [-0.05, 0) is 54.6 Å². The summed E-state index contributed by atoms with van der Waals surface area (Å²) in [5.41, 5.74) is 3.09. The second kappa shape index (κ2) is 10.6. The number of amides is 2. The van der Waals surface area contributed by atoms with E-state index < -0.39 is 0 Å². The van der Waals surface area contributed by atoms with Gasteiger partial charge in [-0.2, -0.15) is 0 Å². The number of hydrogen-bond acceptors (Lipinski definition) is 3. The van der Waals surface area contributed by atoms with Gasteiger partial charge in [0.2, 0.25) is 5.91 Å². The van der Waals surface area contributed by atoms with E-state index >= 15 is 0 Å². The van der Waals surface area contributed by atoms with Crippen LogP contribution in [0.25, 0.3) is 0 Å². The number of hydrogen-bond donors (Lipinski definition) is 2. The lowest BCUT2D eigenvalue weighted by molar-refractivity contribution is -0.121. The van der Waals surface area contributed by atoms with E-state index in [9.17, 15) is 9.59 Å². The Morgan fingerprint density at radius 1 is 0.935 bits per heavy atom. The van der Waals surface area contributed by atoms with Gasteiger partial charge < -0.3 is 10.6 Å². The monoisotopic (exact) mass is 421 g/mol. The van der Waals surface area contributed by atoms with Crippen LogP contribution in [0.4, 0.5) is 0 Å². The smallest absolute Gasteiger partial charge is 0.251 e. The number of rotatable bonds is 8. The molecule has 5 nitrogen and oxygen atoms in total. The summed E-state index contributed by atoms with van der Waals surface area (Å²) in [6.45, 7) is 9.49. The zero-order valence-electron chi connectivity index (χ0n) is 19.0. The van der Waals surface area contributed by atoms with E-state index in [1.54, 1.807) is 0 Å². The van der Waals surface area contributed by atoms with Crippen LogP contribution in [0.3, 0.4) is 0 Å². The normalized spacial score (nSPS) is 15.5. The van der Waals surface area contributed by atoms with Crippen LogP contribution < -0.4 is 10.6 Å². The van der Waals surface area contributed by atoms with Crippen molar-refractivity contribution in [2.45, 2.75) is 51.5 Å². The number of carbonyl (C=O) groups excluding carboxylic acids is 2. The quantitative estimate of drug-likeness (QED) is 0.676. The van der Waals surface area contributed by atoms with Gasteiger partial charge in [-0.1, -0.05) is 63.2 Å². The number of nitrogens with zero attached hydrogens (tertiary/aromatic N) is 1. The third kappa shape index (κ3) is 6.66. The van der Waals surface area contributed by atoms with Gasteiger partial charge in [0, 0.05) is 25.1 Å². The molecule has 0 saturated carbocycles. The molecule has 0 bridgehead atoms. The zero-order valence-corrected chi connectivity index (χ0v) is 19.0. The average Bonchev–Trinajstić information content (AvgIpc) is 3.28. The molecule has 0 aromatic heterocycles. The highest BCUT2D eigenvalue weighted by Crippen LogP contribution is 2.24. The lowest BCUT2D eigenvalue weighted by Gasteiger charge is -2.28. The molecule has 2 amide bonds. The molecule has 1 aliphatic rings. The highest BCUT2D eigenvalue weighted by molar-refractivity contribution is 5.94. The van der Waals surface area contributed by atoms with Crippen LogP contribution in [-0.2, 0) is 10.2 Å². The van der Waals surface area contributed by atoms with E-state index in [0.717, 1.165) is 13.1 Å². The van der Waals surface area contributed by atoms with Gasteiger partial charge in [-0.15, -0.1) is 0 Å². The first-order valence-electron chi connectivity index (χ1n) is 11.3. The predicted octanol–water partition coefficient (Wildman–Crippen LogP) is 4.06. The van der Waals surface area contributed by atoms with Crippen LogP contribution in [0.15, 0.2) is 54.6 Å². The summed E-state index contributed by atoms with van der Waals surface area (Å²) in [7, 11) is 0. The minimum absolute atomic E-state index is 0.0384. The van der Waals surface area contributed by atoms with E-state index in [4.69, 9.17) is 0 Å². The Kier molecular flexibility index (Phi) is 7.85. The van der Waals surface area contributed by atoms with Gasteiger partial charge in [-0.3, -0.25) is 14.5 Å². The van der Waals surface area contributed by atoms with Crippen LogP contribution in [-0.4, -0.2) is 42.9 Å². The van der Waals surface area contributed by atoms with Crippen molar-refractivity contribution in [1.82, 2.24) is 15.5 Å². The van der Waals surface area contributed by atoms with Crippen molar-refractivity contribution in [2.75, 3.05) is 26.2 Å². The predicted molar refractivity (Wildman–Crippen MR) is 125 cm³/mol. The molecule has 1 aliphatic heterocycles. The average molecular weight is 422 g/mol. The largest absolute Gasteiger partial charge is 0.354 e. The fraction of sp³-hybridized carbons (Fsp3) is 0.462. The molecule has 0 radical (unpaired) electrons. The highest BCUT2D eigenvalue weighted by atomic mass is 16.2. The molecule has 166 valence electrons. The molecule has 3 rings (SSSR count). The second-order valence-corrected chi connectivity index (χ2v) is 9.31. The molecule has 0 aliphatic carbocycles. The Morgan fingerprint density at radius 2 is 1.58 bits per heavy atom. The molecule has 2 aromatic rings. The third-order valence-corrected chi connectivity index (χ3v) is 5.91. The number of carbonyl (C=O) groups is 2. The summed E-state index contributed by atoms with van der Waals surface area (Å²) < 4.78 is 0. The molecule has 1 unspecified atom stereocenters. The van der Waals surface area contributed by atoms with E-state index in [2.05, 4.69) is 48.4 Å². The van der Waals surface area contributed by atoms with Crippen molar-refractivity contribution in [3.05, 3.63) is 71.3 Å². The Labute approximate surface area is 186 Å². The first-order chi connectivity index (χ1) is 14.8. The van der Waals surface area contributed by atoms with Gasteiger partial charge in [0.05, 0.1) is 6.04 Å². The Hall–Kier alpha value is -2.66. The number of likely N-dealkylation sites (tertiary alicyclic amines) is 1. The van der Waals surface area contributed by atoms with E-state index in [-0.39, 0.29) is 29.7 Å². The number of nitrogens with one attached hydrogen (secondary N) is 2. The van der Waals surface area contributed by atoms with Crippen molar-refractivity contribution in [3.8, 4) is 0 Å². The van der Waals surface area contributed by atoms with Crippen LogP contribution >= 0.6 is 0 Å². The van der Waals surface area contributed by atoms with Crippen molar-refractivity contribution < 1.29 is 9.59 Å². The van der Waals surface area contributed by atoms with Crippen molar-refractivity contribution >= 4 is 11.8 Å². The maximum Gasteiger partial charge on any atom is 0.251 e. The molecule has 0 spiro atoms. The molecule has 1 heterocycles. The standard InChI is InChI=1S/C26H35N3O2/c1-26(2,3)22-13-11-21(12-14-22)25(31)27-16-15-24(30)28-19-23(29-17-7-8-18-29)20-9-5-4-6-10-20/h4-6,9-14,23H,7-8,15-19H2,1-3H3,(H,27,31)(H,28,30). The second-order valence-electron chi connectivity index (χ2n) is 9.31. The maximum atomic E-state index is 12.4. The Balaban J connectivity index is 1.45.